The van der Waals surface area contributed by atoms with Crippen LogP contribution < -0.4 is 29.1 Å². The molecular weight excluding hydrogens is 930 g/mol. The number of H-pyrrole nitrogens is 1. The lowest BCUT2D eigenvalue weighted by Crippen LogP contribution is -2.54. The zero-order valence-corrected chi connectivity index (χ0v) is 41.8. The summed E-state index contributed by atoms with van der Waals surface area (Å²) in [5, 5.41) is 26.3. The Hall–Kier alpha value is -5.98. The molecule has 5 aromatic rings. The highest BCUT2D eigenvalue weighted by molar-refractivity contribution is 7.90. The van der Waals surface area contributed by atoms with Crippen molar-refractivity contribution in [1.29, 1.82) is 0 Å². The van der Waals surface area contributed by atoms with E-state index in [1.54, 1.807) is 32.9 Å². The fraction of sp³-hybridized carbons (Fsp3) is 0.509. The standard InChI is InChI=1S/C53H64FN7O9S/c1-31(2)37-9-6-7-10-38(37)43-11-8-20-60(43)35-27-53(28-35)18-21-59(22-19-53)34-12-13-39(45(23-34)70-47-26-40-41(54)29-55-49(40)57-51(47)69-32(3)4)50(62)58-71(66,67)36-24-44(61(64)65)48-46(25-36)68-30-42(56-48)33-14-16-52(5,63)17-15-33/h6-7,9-10,12-13,23-26,29,31-33,35,42-43,56,63H,8,11,14-22,27-28,30H2,1-5H3,(H,55,57)(H,58,62)/t33-,42-,43-,52-/m1/s1. The maximum Gasteiger partial charge on any atom is 0.297 e. The number of sulfonamides is 1. The molecule has 3 aromatic carbocycles. The van der Waals surface area contributed by atoms with E-state index in [-0.39, 0.29) is 75.5 Å². The van der Waals surface area contributed by atoms with Gasteiger partial charge < -0.3 is 34.5 Å². The Labute approximate surface area is 413 Å². The molecule has 2 aliphatic carbocycles. The highest BCUT2D eigenvalue weighted by atomic mass is 32.2. The maximum absolute atomic E-state index is 15.0. The number of nitro groups is 1. The Morgan fingerprint density at radius 3 is 2.46 bits per heavy atom. The van der Waals surface area contributed by atoms with E-state index in [1.165, 1.54) is 42.3 Å². The SMILES string of the molecule is CC(C)Oc1nc2[nH]cc(F)c2cc1Oc1cc(N2CCC3(CC2)CC(N2CCC[C@@H]2c2ccccc2C(C)C)C3)ccc1C(=O)NS(=O)(=O)c1cc2c(c([N+](=O)[O-])c1)N[C@@H]([C@H]1CC[C@](C)(O)CC1)CO2. The van der Waals surface area contributed by atoms with Crippen molar-refractivity contribution < 1.29 is 41.8 Å². The molecule has 2 saturated carbocycles. The average Bonchev–Trinajstić information content (AvgIpc) is 3.96. The van der Waals surface area contributed by atoms with Crippen molar-refractivity contribution in [2.24, 2.45) is 11.3 Å². The first-order valence-electron chi connectivity index (χ1n) is 25.1. The summed E-state index contributed by atoms with van der Waals surface area (Å²) < 4.78 is 63.8. The first-order valence-corrected chi connectivity index (χ1v) is 26.6. The van der Waals surface area contributed by atoms with Gasteiger partial charge in [-0.05, 0) is 132 Å². The van der Waals surface area contributed by atoms with Gasteiger partial charge >= 0.3 is 0 Å². The number of piperidine rings is 1. The molecular formula is C53H64FN7O9S. The van der Waals surface area contributed by atoms with Gasteiger partial charge in [0.15, 0.2) is 17.2 Å². The molecule has 2 saturated heterocycles. The highest BCUT2D eigenvalue weighted by Gasteiger charge is 2.50. The van der Waals surface area contributed by atoms with Crippen LogP contribution in [0, 0.1) is 27.3 Å². The minimum Gasteiger partial charge on any atom is -0.489 e. The number of benzene rings is 3. The number of aromatic nitrogens is 2. The van der Waals surface area contributed by atoms with Crippen LogP contribution in [0.25, 0.3) is 11.0 Å². The monoisotopic (exact) mass is 993 g/mol. The number of hydrogen-bond acceptors (Lipinski definition) is 13. The number of halogens is 1. The minimum absolute atomic E-state index is 0.0000287. The van der Waals surface area contributed by atoms with E-state index in [1.807, 2.05) is 0 Å². The number of anilines is 2. The molecule has 5 aliphatic rings. The molecule has 1 spiro atoms. The Morgan fingerprint density at radius 1 is 1.00 bits per heavy atom. The second kappa shape index (κ2) is 18.9. The zero-order valence-electron chi connectivity index (χ0n) is 41.0. The number of likely N-dealkylation sites (tertiary alicyclic amines) is 1. The van der Waals surface area contributed by atoms with Crippen molar-refractivity contribution in [3.63, 3.8) is 0 Å². The van der Waals surface area contributed by atoms with Crippen LogP contribution in [0.4, 0.5) is 21.5 Å². The number of nitrogens with one attached hydrogen (secondary N) is 3. The molecule has 71 heavy (non-hydrogen) atoms. The smallest absolute Gasteiger partial charge is 0.297 e. The average molecular weight is 994 g/mol. The molecule has 2 aromatic heterocycles. The van der Waals surface area contributed by atoms with E-state index in [9.17, 15) is 28.4 Å². The van der Waals surface area contributed by atoms with Gasteiger partial charge in [0.25, 0.3) is 27.5 Å². The summed E-state index contributed by atoms with van der Waals surface area (Å²) in [5.41, 5.74) is 2.69. The summed E-state index contributed by atoms with van der Waals surface area (Å²) in [6, 6.07) is 18.0. The molecule has 3 aliphatic heterocycles. The minimum atomic E-state index is -4.76. The van der Waals surface area contributed by atoms with E-state index in [2.05, 4.69) is 67.9 Å². The molecule has 378 valence electrons. The Kier molecular flexibility index (Phi) is 12.9. The van der Waals surface area contributed by atoms with Gasteiger partial charge in [-0.25, -0.2) is 17.5 Å². The third kappa shape index (κ3) is 9.74. The van der Waals surface area contributed by atoms with Crippen LogP contribution >= 0.6 is 0 Å². The summed E-state index contributed by atoms with van der Waals surface area (Å²) in [5.74, 6) is -1.15. The van der Waals surface area contributed by atoms with Crippen molar-refractivity contribution in [3.8, 4) is 23.1 Å². The molecule has 16 nitrogen and oxygen atoms in total. The number of amides is 1. The van der Waals surface area contributed by atoms with E-state index in [0.717, 1.165) is 63.1 Å². The predicted molar refractivity (Wildman–Crippen MR) is 268 cm³/mol. The molecule has 4 N–H and O–H groups in total. The highest BCUT2D eigenvalue weighted by Crippen LogP contribution is 2.54. The summed E-state index contributed by atoms with van der Waals surface area (Å²) >= 11 is 0. The van der Waals surface area contributed by atoms with E-state index >= 15 is 4.39 Å². The Balaban J connectivity index is 0.897. The van der Waals surface area contributed by atoms with Crippen LogP contribution in [0.5, 0.6) is 23.1 Å². The van der Waals surface area contributed by atoms with Crippen LogP contribution in [-0.2, 0) is 10.0 Å². The van der Waals surface area contributed by atoms with Crippen LogP contribution in [-0.4, -0.2) is 89.3 Å². The number of nitrogens with zero attached hydrogens (tertiary/aromatic N) is 4. The van der Waals surface area contributed by atoms with Gasteiger partial charge in [-0.1, -0.05) is 38.1 Å². The van der Waals surface area contributed by atoms with Crippen molar-refractivity contribution in [2.45, 2.75) is 139 Å². The van der Waals surface area contributed by atoms with Gasteiger partial charge in [-0.2, -0.15) is 4.98 Å². The lowest BCUT2D eigenvalue weighted by atomic mass is 9.59. The Morgan fingerprint density at radius 2 is 1.75 bits per heavy atom. The first-order chi connectivity index (χ1) is 33.9. The summed E-state index contributed by atoms with van der Waals surface area (Å²) in [7, 11) is -4.76. The normalized spacial score (nSPS) is 23.6. The lowest BCUT2D eigenvalue weighted by molar-refractivity contribution is -0.384. The third-order valence-electron chi connectivity index (χ3n) is 15.8. The number of fused-ring (bicyclic) bond motifs is 2. The number of rotatable bonds is 13. The van der Waals surface area contributed by atoms with Gasteiger partial charge in [0, 0.05) is 61.3 Å². The quantitative estimate of drug-likeness (QED) is 0.0642. The topological polar surface area (TPSA) is 201 Å². The number of aliphatic hydroxyl groups is 1. The second-order valence-corrected chi connectivity index (χ2v) is 23.1. The van der Waals surface area contributed by atoms with Crippen molar-refractivity contribution in [1.82, 2.24) is 19.6 Å². The van der Waals surface area contributed by atoms with Crippen LogP contribution in [0.3, 0.4) is 0 Å². The number of carbonyl (C=O) groups excluding carboxylic acids is 1. The summed E-state index contributed by atoms with van der Waals surface area (Å²) in [6.45, 7) is 12.7. The molecule has 0 radical (unpaired) electrons. The Bertz CT molecular complexity index is 2950. The van der Waals surface area contributed by atoms with E-state index in [4.69, 9.17) is 14.2 Å². The van der Waals surface area contributed by atoms with Gasteiger partial charge in [-0.15, -0.1) is 0 Å². The molecule has 0 bridgehead atoms. The third-order valence-corrected chi connectivity index (χ3v) is 17.1. The van der Waals surface area contributed by atoms with E-state index in [0.29, 0.717) is 43.7 Å². The molecule has 2 atom stereocenters. The largest absolute Gasteiger partial charge is 0.489 e. The molecule has 5 heterocycles. The molecule has 1 amide bonds. The van der Waals surface area contributed by atoms with Crippen LogP contribution in [0.15, 0.2) is 71.8 Å². The number of aromatic amines is 1. The van der Waals surface area contributed by atoms with Crippen molar-refractivity contribution in [3.05, 3.63) is 99.5 Å². The molecule has 0 unspecified atom stereocenters. The summed E-state index contributed by atoms with van der Waals surface area (Å²) in [4.78, 5) is 37.8. The number of pyridine rings is 1. The zero-order chi connectivity index (χ0) is 50.0. The number of nitro benzene ring substituents is 1. The number of carbonyl (C=O) groups is 1. The fourth-order valence-electron chi connectivity index (χ4n) is 11.9. The maximum atomic E-state index is 15.0. The number of hydrogen-bond donors (Lipinski definition) is 4. The van der Waals surface area contributed by atoms with Crippen LogP contribution in [0.2, 0.25) is 0 Å². The van der Waals surface area contributed by atoms with Crippen LogP contribution in [0.1, 0.15) is 132 Å². The number of ether oxygens (including phenoxy) is 3. The summed E-state index contributed by atoms with van der Waals surface area (Å²) in [6.07, 6.45) is 9.98. The van der Waals surface area contributed by atoms with E-state index < -0.39 is 42.9 Å². The fourth-order valence-corrected chi connectivity index (χ4v) is 12.9. The second-order valence-electron chi connectivity index (χ2n) is 21.4. The van der Waals surface area contributed by atoms with Crippen molar-refractivity contribution in [2.75, 3.05) is 36.5 Å². The molecule has 18 heteroatoms. The first kappa shape index (κ1) is 48.6. The molecule has 4 fully saturated rings. The van der Waals surface area contributed by atoms with Gasteiger partial charge in [0.2, 0.25) is 0 Å². The predicted octanol–water partition coefficient (Wildman–Crippen LogP) is 10.1. The van der Waals surface area contributed by atoms with Gasteiger partial charge in [0.05, 0.1) is 38.5 Å². The van der Waals surface area contributed by atoms with Crippen molar-refractivity contribution >= 4 is 44.0 Å². The molecule has 10 rings (SSSR count). The lowest BCUT2D eigenvalue weighted by Gasteiger charge is -2.56. The van der Waals surface area contributed by atoms with Gasteiger partial charge in [0.1, 0.15) is 23.8 Å². The van der Waals surface area contributed by atoms with Gasteiger partial charge in [-0.3, -0.25) is 19.8 Å².